The van der Waals surface area contributed by atoms with Gasteiger partial charge in [0.05, 0.1) is 22.7 Å². The van der Waals surface area contributed by atoms with E-state index in [9.17, 15) is 8.42 Å². The highest BCUT2D eigenvalue weighted by atomic mass is 32.2. The topological polar surface area (TPSA) is 103 Å². The predicted octanol–water partition coefficient (Wildman–Crippen LogP) is 1.51. The molecule has 2 aliphatic rings. The maximum atomic E-state index is 12.2. The molecule has 0 amide bonds. The van der Waals surface area contributed by atoms with Crippen LogP contribution >= 0.6 is 0 Å². The number of hydrogen-bond donors (Lipinski definition) is 1. The molecule has 0 unspecified atom stereocenters. The van der Waals surface area contributed by atoms with Gasteiger partial charge >= 0.3 is 0 Å². The van der Waals surface area contributed by atoms with Gasteiger partial charge in [-0.15, -0.1) is 5.10 Å². The smallest absolute Gasteiger partial charge is 0.216 e. The van der Waals surface area contributed by atoms with E-state index >= 15 is 0 Å². The standard InChI is InChI=1S/C16H23N5O3S/c1-16(2,19-25(22,23)11-7-8-11)14-9-21(20-18-14)10-15-17-12-5-3-4-6-13(12)24-15/h9,11,19H,3-8,10H2,1-2H3. The normalized spacial score (nSPS) is 18.3. The van der Waals surface area contributed by atoms with Gasteiger partial charge in [0.1, 0.15) is 18.0 Å². The number of sulfonamides is 1. The average Bonchev–Trinajstić information content (AvgIpc) is 3.17. The summed E-state index contributed by atoms with van der Waals surface area (Å²) in [5.74, 6) is 1.61. The van der Waals surface area contributed by atoms with Crippen molar-refractivity contribution >= 4 is 10.0 Å². The Bertz CT molecular complexity index is 856. The van der Waals surface area contributed by atoms with Gasteiger partial charge in [0.15, 0.2) is 0 Å². The highest BCUT2D eigenvalue weighted by Crippen LogP contribution is 2.30. The van der Waals surface area contributed by atoms with Crippen molar-refractivity contribution in [2.45, 2.75) is 69.7 Å². The first-order chi connectivity index (χ1) is 11.8. The molecular formula is C16H23N5O3S. The molecule has 0 spiro atoms. The van der Waals surface area contributed by atoms with Crippen LogP contribution in [-0.4, -0.2) is 33.6 Å². The minimum atomic E-state index is -3.30. The number of hydrogen-bond acceptors (Lipinski definition) is 6. The van der Waals surface area contributed by atoms with E-state index in [2.05, 4.69) is 20.0 Å². The fourth-order valence-corrected chi connectivity index (χ4v) is 4.88. The zero-order valence-corrected chi connectivity index (χ0v) is 15.3. The van der Waals surface area contributed by atoms with Gasteiger partial charge in [0.25, 0.3) is 0 Å². The lowest BCUT2D eigenvalue weighted by Crippen LogP contribution is -2.42. The number of aryl methyl sites for hydroxylation is 2. The van der Waals surface area contributed by atoms with Crippen molar-refractivity contribution in [1.29, 1.82) is 0 Å². The fourth-order valence-electron chi connectivity index (χ4n) is 3.14. The molecule has 0 saturated heterocycles. The van der Waals surface area contributed by atoms with E-state index in [-0.39, 0.29) is 5.25 Å². The van der Waals surface area contributed by atoms with Crippen LogP contribution in [0.1, 0.15) is 62.6 Å². The van der Waals surface area contributed by atoms with Crippen LogP contribution in [0.25, 0.3) is 0 Å². The summed E-state index contributed by atoms with van der Waals surface area (Å²) >= 11 is 0. The molecule has 0 aromatic carbocycles. The molecule has 1 saturated carbocycles. The summed E-state index contributed by atoms with van der Waals surface area (Å²) in [6, 6.07) is 0. The van der Waals surface area contributed by atoms with Gasteiger partial charge in [-0.05, 0) is 46.0 Å². The molecular weight excluding hydrogens is 342 g/mol. The van der Waals surface area contributed by atoms with Gasteiger partial charge in [-0.25, -0.2) is 22.8 Å². The van der Waals surface area contributed by atoms with Gasteiger partial charge in [-0.2, -0.15) is 0 Å². The van der Waals surface area contributed by atoms with Crippen LogP contribution in [0, 0.1) is 0 Å². The van der Waals surface area contributed by atoms with Crippen LogP contribution in [0.5, 0.6) is 0 Å². The molecule has 0 atom stereocenters. The van der Waals surface area contributed by atoms with E-state index in [0.717, 1.165) is 50.0 Å². The summed E-state index contributed by atoms with van der Waals surface area (Å²) in [6.07, 6.45) is 7.42. The van der Waals surface area contributed by atoms with Crippen LogP contribution in [0.15, 0.2) is 10.6 Å². The molecule has 4 rings (SSSR count). The molecule has 136 valence electrons. The maximum Gasteiger partial charge on any atom is 0.216 e. The molecule has 2 aromatic heterocycles. The Morgan fingerprint density at radius 2 is 2.08 bits per heavy atom. The van der Waals surface area contributed by atoms with Crippen molar-refractivity contribution in [2.75, 3.05) is 0 Å². The van der Waals surface area contributed by atoms with Crippen molar-refractivity contribution in [2.24, 2.45) is 0 Å². The third-order valence-corrected chi connectivity index (χ3v) is 6.87. The Morgan fingerprint density at radius 1 is 1.32 bits per heavy atom. The third-order valence-electron chi connectivity index (χ3n) is 4.73. The third kappa shape index (κ3) is 3.48. The van der Waals surface area contributed by atoms with Crippen LogP contribution in [0.4, 0.5) is 0 Å². The predicted molar refractivity (Wildman–Crippen MR) is 90.4 cm³/mol. The van der Waals surface area contributed by atoms with E-state index in [1.165, 1.54) is 0 Å². The molecule has 2 aliphatic carbocycles. The van der Waals surface area contributed by atoms with E-state index < -0.39 is 15.6 Å². The lowest BCUT2D eigenvalue weighted by atomic mass is 10.0. The Labute approximate surface area is 147 Å². The SMILES string of the molecule is CC(C)(NS(=O)(=O)C1CC1)c1cn(Cc2nc3c(o2)CCCC3)nn1. The maximum absolute atomic E-state index is 12.2. The van der Waals surface area contributed by atoms with Crippen molar-refractivity contribution < 1.29 is 12.8 Å². The number of oxazole rings is 1. The Morgan fingerprint density at radius 3 is 2.80 bits per heavy atom. The Hall–Kier alpha value is -1.74. The van der Waals surface area contributed by atoms with E-state index in [4.69, 9.17) is 4.42 Å². The molecule has 2 heterocycles. The quantitative estimate of drug-likeness (QED) is 0.832. The number of rotatable bonds is 6. The molecule has 2 aromatic rings. The second kappa shape index (κ2) is 5.91. The molecule has 0 radical (unpaired) electrons. The lowest BCUT2D eigenvalue weighted by Gasteiger charge is -2.23. The number of nitrogens with one attached hydrogen (secondary N) is 1. The minimum absolute atomic E-state index is 0.263. The number of fused-ring (bicyclic) bond motifs is 1. The molecule has 1 N–H and O–H groups in total. The zero-order valence-electron chi connectivity index (χ0n) is 14.5. The Balaban J connectivity index is 1.48. The van der Waals surface area contributed by atoms with Crippen molar-refractivity contribution in [3.05, 3.63) is 29.2 Å². The van der Waals surface area contributed by atoms with E-state index in [1.807, 2.05) is 0 Å². The van der Waals surface area contributed by atoms with Gasteiger partial charge in [-0.1, -0.05) is 5.21 Å². The van der Waals surface area contributed by atoms with Crippen LogP contribution < -0.4 is 4.72 Å². The molecule has 25 heavy (non-hydrogen) atoms. The van der Waals surface area contributed by atoms with Crippen LogP contribution in [0.3, 0.4) is 0 Å². The first-order valence-electron chi connectivity index (χ1n) is 8.74. The largest absolute Gasteiger partial charge is 0.443 e. The molecule has 0 aliphatic heterocycles. The lowest BCUT2D eigenvalue weighted by molar-refractivity contribution is 0.420. The van der Waals surface area contributed by atoms with Crippen molar-refractivity contribution in [1.82, 2.24) is 24.7 Å². The van der Waals surface area contributed by atoms with Gasteiger partial charge in [0, 0.05) is 6.42 Å². The van der Waals surface area contributed by atoms with Gasteiger partial charge < -0.3 is 4.42 Å². The van der Waals surface area contributed by atoms with Gasteiger partial charge in [0.2, 0.25) is 15.9 Å². The van der Waals surface area contributed by atoms with Gasteiger partial charge in [-0.3, -0.25) is 0 Å². The van der Waals surface area contributed by atoms with E-state index in [1.54, 1.807) is 24.7 Å². The molecule has 9 heteroatoms. The minimum Gasteiger partial charge on any atom is -0.443 e. The molecule has 1 fully saturated rings. The number of nitrogens with zero attached hydrogens (tertiary/aromatic N) is 4. The van der Waals surface area contributed by atoms with Crippen molar-refractivity contribution in [3.63, 3.8) is 0 Å². The summed E-state index contributed by atoms with van der Waals surface area (Å²) in [7, 11) is -3.30. The summed E-state index contributed by atoms with van der Waals surface area (Å²) in [5.41, 5.74) is 0.822. The second-order valence-electron chi connectivity index (χ2n) is 7.46. The Kier molecular flexibility index (Phi) is 3.95. The molecule has 0 bridgehead atoms. The highest BCUT2D eigenvalue weighted by molar-refractivity contribution is 7.90. The van der Waals surface area contributed by atoms with Crippen LogP contribution in [0.2, 0.25) is 0 Å². The average molecular weight is 365 g/mol. The first-order valence-corrected chi connectivity index (χ1v) is 10.3. The van der Waals surface area contributed by atoms with E-state index in [0.29, 0.717) is 18.1 Å². The first kappa shape index (κ1) is 16.7. The zero-order chi connectivity index (χ0) is 17.7. The monoisotopic (exact) mass is 365 g/mol. The van der Waals surface area contributed by atoms with Crippen molar-refractivity contribution in [3.8, 4) is 0 Å². The molecule has 8 nitrogen and oxygen atoms in total. The number of aromatic nitrogens is 4. The fraction of sp³-hybridized carbons (Fsp3) is 0.688. The highest BCUT2D eigenvalue weighted by Gasteiger charge is 2.40. The second-order valence-corrected chi connectivity index (χ2v) is 9.42. The summed E-state index contributed by atoms with van der Waals surface area (Å²) < 4.78 is 34.6. The summed E-state index contributed by atoms with van der Waals surface area (Å²) in [6.45, 7) is 3.99. The summed E-state index contributed by atoms with van der Waals surface area (Å²) in [4.78, 5) is 4.54. The van der Waals surface area contributed by atoms with Crippen LogP contribution in [-0.2, 0) is 34.9 Å². The summed E-state index contributed by atoms with van der Waals surface area (Å²) in [5, 5.41) is 7.99.